The summed E-state index contributed by atoms with van der Waals surface area (Å²) < 4.78 is 11.9. The maximum atomic E-state index is 11.0. The minimum absolute atomic E-state index is 0.0146. The zero-order chi connectivity index (χ0) is 20.7. The van der Waals surface area contributed by atoms with Crippen molar-refractivity contribution in [2.45, 2.75) is 18.7 Å². The van der Waals surface area contributed by atoms with Gasteiger partial charge >= 0.3 is 0 Å². The minimum Gasteiger partial charge on any atom is -0.493 e. The van der Waals surface area contributed by atoms with Crippen LogP contribution in [0.2, 0.25) is 0 Å². The predicted octanol–water partition coefficient (Wildman–Crippen LogP) is 4.85. The van der Waals surface area contributed by atoms with Gasteiger partial charge in [-0.2, -0.15) is 5.10 Å². The number of rotatable bonds is 4. The summed E-state index contributed by atoms with van der Waals surface area (Å²) in [7, 11) is 1.62. The van der Waals surface area contributed by atoms with Gasteiger partial charge in [0.2, 0.25) is 6.23 Å². The Hall–Kier alpha value is -3.87. The van der Waals surface area contributed by atoms with E-state index in [9.17, 15) is 10.1 Å². The van der Waals surface area contributed by atoms with E-state index < -0.39 is 11.2 Å². The van der Waals surface area contributed by atoms with Crippen LogP contribution in [0.1, 0.15) is 35.4 Å². The molecule has 0 aliphatic carbocycles. The maximum Gasteiger partial charge on any atom is 0.269 e. The number of ether oxygens (including phenoxy) is 2. The highest BCUT2D eigenvalue weighted by atomic mass is 16.6. The number of nitrogens with zero attached hydrogens (tertiary/aromatic N) is 3. The standard InChI is InChI=1S/C23H19N3O4/c1-29-21-9-5-8-18-20-14-19(15-6-3-2-4-7-15)24-25(20)23(30-22(18)21)16-10-12-17(13-11-16)26(27)28/h2-13,20,23H,14H2,1H3/t20-,23+/m1/s1. The Morgan fingerprint density at radius 1 is 1.07 bits per heavy atom. The first-order valence-corrected chi connectivity index (χ1v) is 9.65. The highest BCUT2D eigenvalue weighted by molar-refractivity contribution is 6.01. The lowest BCUT2D eigenvalue weighted by Crippen LogP contribution is -2.33. The van der Waals surface area contributed by atoms with E-state index in [1.54, 1.807) is 19.2 Å². The van der Waals surface area contributed by atoms with E-state index in [0.29, 0.717) is 11.5 Å². The van der Waals surface area contributed by atoms with Crippen molar-refractivity contribution in [2.24, 2.45) is 5.10 Å². The highest BCUT2D eigenvalue weighted by Gasteiger charge is 2.42. The lowest BCUT2D eigenvalue weighted by Gasteiger charge is -2.38. The Kier molecular flexibility index (Phi) is 4.35. The largest absolute Gasteiger partial charge is 0.493 e. The summed E-state index contributed by atoms with van der Waals surface area (Å²) in [5, 5.41) is 17.9. The topological polar surface area (TPSA) is 77.2 Å². The van der Waals surface area contributed by atoms with Crippen LogP contribution in [-0.2, 0) is 0 Å². The summed E-state index contributed by atoms with van der Waals surface area (Å²) in [4.78, 5) is 10.6. The molecule has 150 valence electrons. The number of hydrogen-bond donors (Lipinski definition) is 0. The van der Waals surface area contributed by atoms with Gasteiger partial charge in [0, 0.05) is 29.7 Å². The Morgan fingerprint density at radius 3 is 2.53 bits per heavy atom. The molecule has 5 rings (SSSR count). The molecule has 0 N–H and O–H groups in total. The van der Waals surface area contributed by atoms with Crippen LogP contribution in [0.3, 0.4) is 0 Å². The molecule has 2 atom stereocenters. The lowest BCUT2D eigenvalue weighted by molar-refractivity contribution is -0.384. The molecule has 0 radical (unpaired) electrons. The molecule has 7 nitrogen and oxygen atoms in total. The molecule has 0 spiro atoms. The molecular formula is C23H19N3O4. The van der Waals surface area contributed by atoms with E-state index in [0.717, 1.165) is 28.8 Å². The van der Waals surface area contributed by atoms with Crippen LogP contribution in [0.5, 0.6) is 11.5 Å². The van der Waals surface area contributed by atoms with Crippen molar-refractivity contribution in [1.29, 1.82) is 0 Å². The molecule has 0 unspecified atom stereocenters. The molecule has 0 saturated heterocycles. The van der Waals surface area contributed by atoms with Gasteiger partial charge in [-0.15, -0.1) is 0 Å². The number of para-hydroxylation sites is 1. The summed E-state index contributed by atoms with van der Waals surface area (Å²) in [6.07, 6.45) is 0.220. The Bertz CT molecular complexity index is 1130. The first-order chi connectivity index (χ1) is 14.7. The highest BCUT2D eigenvalue weighted by Crippen LogP contribution is 2.50. The molecule has 2 aliphatic rings. The molecule has 0 fully saturated rings. The van der Waals surface area contributed by atoms with Crippen LogP contribution in [0.25, 0.3) is 0 Å². The van der Waals surface area contributed by atoms with Gasteiger partial charge in [0.25, 0.3) is 5.69 Å². The van der Waals surface area contributed by atoms with Gasteiger partial charge in [-0.25, -0.2) is 5.01 Å². The first kappa shape index (κ1) is 18.2. The summed E-state index contributed by atoms with van der Waals surface area (Å²) >= 11 is 0. The van der Waals surface area contributed by atoms with Crippen molar-refractivity contribution in [1.82, 2.24) is 5.01 Å². The molecular weight excluding hydrogens is 382 g/mol. The number of hydrazone groups is 1. The van der Waals surface area contributed by atoms with Gasteiger partial charge in [-0.3, -0.25) is 10.1 Å². The van der Waals surface area contributed by atoms with Crippen LogP contribution in [0.4, 0.5) is 5.69 Å². The van der Waals surface area contributed by atoms with Crippen LogP contribution in [0, 0.1) is 10.1 Å². The second kappa shape index (κ2) is 7.18. The zero-order valence-corrected chi connectivity index (χ0v) is 16.3. The molecule has 0 saturated carbocycles. The van der Waals surface area contributed by atoms with Gasteiger partial charge in [-0.1, -0.05) is 42.5 Å². The fourth-order valence-corrected chi connectivity index (χ4v) is 4.03. The van der Waals surface area contributed by atoms with E-state index in [1.807, 2.05) is 53.5 Å². The SMILES string of the molecule is COc1cccc2c1O[C@@H](c1ccc([N+](=O)[O-])cc1)N1N=C(c3ccccc3)C[C@H]21. The Morgan fingerprint density at radius 2 is 1.83 bits per heavy atom. The average molecular weight is 401 g/mol. The third kappa shape index (κ3) is 2.95. The van der Waals surface area contributed by atoms with Crippen LogP contribution in [0.15, 0.2) is 77.9 Å². The van der Waals surface area contributed by atoms with Crippen molar-refractivity contribution in [3.8, 4) is 11.5 Å². The monoisotopic (exact) mass is 401 g/mol. The number of nitro benzene ring substituents is 1. The smallest absolute Gasteiger partial charge is 0.269 e. The number of fused-ring (bicyclic) bond motifs is 3. The normalized spacial score (nSPS) is 19.4. The third-order valence-electron chi connectivity index (χ3n) is 5.50. The van der Waals surface area contributed by atoms with Crippen molar-refractivity contribution in [2.75, 3.05) is 7.11 Å². The van der Waals surface area contributed by atoms with Gasteiger partial charge in [0.1, 0.15) is 0 Å². The molecule has 0 amide bonds. The van der Waals surface area contributed by atoms with Gasteiger partial charge in [-0.05, 0) is 23.8 Å². The minimum atomic E-state index is -0.513. The fraction of sp³-hybridized carbons (Fsp3) is 0.174. The second-order valence-corrected chi connectivity index (χ2v) is 7.21. The Balaban J connectivity index is 1.60. The quantitative estimate of drug-likeness (QED) is 0.462. The third-order valence-corrected chi connectivity index (χ3v) is 5.50. The Labute approximate surface area is 173 Å². The van der Waals surface area contributed by atoms with E-state index in [-0.39, 0.29) is 11.7 Å². The van der Waals surface area contributed by atoms with Gasteiger partial charge in [0.05, 0.1) is 23.8 Å². The van der Waals surface area contributed by atoms with Gasteiger partial charge in [0.15, 0.2) is 11.5 Å². The predicted molar refractivity (Wildman–Crippen MR) is 112 cm³/mol. The number of hydrogen-bond acceptors (Lipinski definition) is 6. The van der Waals surface area contributed by atoms with Crippen LogP contribution in [-0.4, -0.2) is 22.8 Å². The molecule has 3 aromatic carbocycles. The summed E-state index contributed by atoms with van der Waals surface area (Å²) in [5.74, 6) is 1.35. The van der Waals surface area contributed by atoms with Crippen molar-refractivity contribution in [3.63, 3.8) is 0 Å². The second-order valence-electron chi connectivity index (χ2n) is 7.21. The first-order valence-electron chi connectivity index (χ1n) is 9.65. The molecule has 3 aromatic rings. The van der Waals surface area contributed by atoms with Crippen LogP contribution >= 0.6 is 0 Å². The number of methoxy groups -OCH3 is 1. The number of benzene rings is 3. The average Bonchev–Trinajstić information content (AvgIpc) is 3.24. The molecule has 0 bridgehead atoms. The molecule has 7 heteroatoms. The van der Waals surface area contributed by atoms with Crippen molar-refractivity contribution >= 4 is 11.4 Å². The van der Waals surface area contributed by atoms with E-state index in [4.69, 9.17) is 14.6 Å². The van der Waals surface area contributed by atoms with E-state index in [1.165, 1.54) is 12.1 Å². The summed E-state index contributed by atoms with van der Waals surface area (Å²) in [6.45, 7) is 0. The van der Waals surface area contributed by atoms with Gasteiger partial charge < -0.3 is 9.47 Å². The molecule has 0 aromatic heterocycles. The summed E-state index contributed by atoms with van der Waals surface area (Å²) in [6, 6.07) is 22.3. The lowest BCUT2D eigenvalue weighted by atomic mass is 9.95. The van der Waals surface area contributed by atoms with E-state index >= 15 is 0 Å². The van der Waals surface area contributed by atoms with Crippen LogP contribution < -0.4 is 9.47 Å². The van der Waals surface area contributed by atoms with Crippen molar-refractivity contribution in [3.05, 3.63) is 99.6 Å². The molecule has 2 aliphatic heterocycles. The summed E-state index contributed by atoms with van der Waals surface area (Å²) in [5.41, 5.74) is 3.90. The molecule has 2 heterocycles. The number of non-ortho nitro benzene ring substituents is 1. The maximum absolute atomic E-state index is 11.0. The molecule has 30 heavy (non-hydrogen) atoms. The zero-order valence-electron chi connectivity index (χ0n) is 16.3. The van der Waals surface area contributed by atoms with E-state index in [2.05, 4.69) is 0 Å². The fourth-order valence-electron chi connectivity index (χ4n) is 4.03. The number of nitro groups is 1. The van der Waals surface area contributed by atoms with Crippen molar-refractivity contribution < 1.29 is 14.4 Å².